The van der Waals surface area contributed by atoms with Crippen LogP contribution in [-0.4, -0.2) is 34.6 Å². The maximum atomic E-state index is 11.0. The van der Waals surface area contributed by atoms with Crippen LogP contribution in [0.2, 0.25) is 0 Å². The van der Waals surface area contributed by atoms with E-state index >= 15 is 0 Å². The quantitative estimate of drug-likeness (QED) is 0.771. The van der Waals surface area contributed by atoms with Crippen LogP contribution in [0.3, 0.4) is 0 Å². The van der Waals surface area contributed by atoms with E-state index in [9.17, 15) is 4.79 Å². The Morgan fingerprint density at radius 2 is 1.73 bits per heavy atom. The number of nitrogens with zero attached hydrogens (tertiary/aromatic N) is 1. The summed E-state index contributed by atoms with van der Waals surface area (Å²) in [5.74, 6) is -0.617. The van der Waals surface area contributed by atoms with Crippen molar-refractivity contribution in [1.82, 2.24) is 4.90 Å². The van der Waals surface area contributed by atoms with Gasteiger partial charge in [-0.15, -0.1) is 0 Å². The third kappa shape index (κ3) is 1.48. The first kappa shape index (κ1) is 9.64. The molecule has 3 aliphatic rings. The zero-order valence-corrected chi connectivity index (χ0v) is 9.17. The van der Waals surface area contributed by atoms with E-state index in [1.54, 1.807) is 0 Å². The second kappa shape index (κ2) is 2.97. The minimum absolute atomic E-state index is 0.0413. The molecule has 1 N–H and O–H groups in total. The van der Waals surface area contributed by atoms with Crippen LogP contribution in [0, 0.1) is 5.41 Å². The summed E-state index contributed by atoms with van der Waals surface area (Å²) in [6, 6.07) is 0. The Kier molecular flexibility index (Phi) is 1.91. The van der Waals surface area contributed by atoms with Gasteiger partial charge in [0.1, 0.15) is 0 Å². The lowest BCUT2D eigenvalue weighted by atomic mass is 9.83. The van der Waals surface area contributed by atoms with Crippen molar-refractivity contribution in [1.29, 1.82) is 0 Å². The van der Waals surface area contributed by atoms with Crippen LogP contribution in [0.1, 0.15) is 44.9 Å². The van der Waals surface area contributed by atoms with E-state index in [0.717, 1.165) is 12.8 Å². The molecule has 3 rings (SSSR count). The molecule has 0 amide bonds. The monoisotopic (exact) mass is 209 g/mol. The lowest BCUT2D eigenvalue weighted by Gasteiger charge is -2.51. The van der Waals surface area contributed by atoms with Gasteiger partial charge in [0.05, 0.1) is 6.42 Å². The van der Waals surface area contributed by atoms with Crippen LogP contribution < -0.4 is 0 Å². The van der Waals surface area contributed by atoms with Gasteiger partial charge in [-0.05, 0) is 31.1 Å². The maximum Gasteiger partial charge on any atom is 0.305 e. The molecule has 1 spiro atoms. The van der Waals surface area contributed by atoms with E-state index in [1.165, 1.54) is 38.8 Å². The molecule has 0 atom stereocenters. The predicted molar refractivity (Wildman–Crippen MR) is 56.7 cm³/mol. The lowest BCUT2D eigenvalue weighted by molar-refractivity contribution is -0.142. The Morgan fingerprint density at radius 1 is 1.13 bits per heavy atom. The van der Waals surface area contributed by atoms with Gasteiger partial charge in [0, 0.05) is 18.6 Å². The molecule has 1 aliphatic heterocycles. The van der Waals surface area contributed by atoms with E-state index in [1.807, 2.05) is 0 Å². The molecule has 3 nitrogen and oxygen atoms in total. The van der Waals surface area contributed by atoms with Crippen molar-refractivity contribution in [2.75, 3.05) is 13.1 Å². The number of carboxylic acids is 1. The molecule has 3 fully saturated rings. The maximum absolute atomic E-state index is 11.0. The summed E-state index contributed by atoms with van der Waals surface area (Å²) in [6.45, 7) is 2.36. The van der Waals surface area contributed by atoms with Crippen molar-refractivity contribution in [3.63, 3.8) is 0 Å². The largest absolute Gasteiger partial charge is 0.481 e. The van der Waals surface area contributed by atoms with Gasteiger partial charge in [0.15, 0.2) is 0 Å². The standard InChI is InChI=1S/C12H19NO2/c14-10(15)7-12(3-1-2-4-12)13-8-11(9-13)5-6-11/h1-9H2,(H,14,15). The van der Waals surface area contributed by atoms with E-state index < -0.39 is 5.97 Å². The fourth-order valence-corrected chi connectivity index (χ4v) is 3.51. The van der Waals surface area contributed by atoms with Crippen LogP contribution in [0.15, 0.2) is 0 Å². The van der Waals surface area contributed by atoms with E-state index in [0.29, 0.717) is 11.8 Å². The first-order valence-electron chi connectivity index (χ1n) is 6.11. The Morgan fingerprint density at radius 3 is 2.20 bits per heavy atom. The lowest BCUT2D eigenvalue weighted by Crippen LogP contribution is -2.60. The van der Waals surface area contributed by atoms with Crippen molar-refractivity contribution >= 4 is 5.97 Å². The van der Waals surface area contributed by atoms with Crippen molar-refractivity contribution in [3.8, 4) is 0 Å². The number of hydrogen-bond donors (Lipinski definition) is 1. The molecule has 0 bridgehead atoms. The minimum Gasteiger partial charge on any atom is -0.481 e. The Hall–Kier alpha value is -0.570. The number of carbonyl (C=O) groups is 1. The molecule has 0 aromatic rings. The van der Waals surface area contributed by atoms with Gasteiger partial charge in [0.25, 0.3) is 0 Å². The molecule has 84 valence electrons. The molecule has 0 unspecified atom stereocenters. The van der Waals surface area contributed by atoms with Crippen molar-refractivity contribution in [2.24, 2.45) is 5.41 Å². The van der Waals surface area contributed by atoms with Crippen molar-refractivity contribution < 1.29 is 9.90 Å². The number of hydrogen-bond acceptors (Lipinski definition) is 2. The summed E-state index contributed by atoms with van der Waals surface area (Å²) in [5, 5.41) is 9.03. The van der Waals surface area contributed by atoms with Gasteiger partial charge in [0.2, 0.25) is 0 Å². The van der Waals surface area contributed by atoms with Crippen LogP contribution >= 0.6 is 0 Å². The van der Waals surface area contributed by atoms with Crippen molar-refractivity contribution in [3.05, 3.63) is 0 Å². The highest BCUT2D eigenvalue weighted by Gasteiger charge is 2.58. The van der Waals surface area contributed by atoms with Crippen LogP contribution in [0.4, 0.5) is 0 Å². The third-order valence-electron chi connectivity index (χ3n) is 4.70. The van der Waals surface area contributed by atoms with Gasteiger partial charge in [-0.3, -0.25) is 9.69 Å². The zero-order valence-electron chi connectivity index (χ0n) is 9.17. The highest BCUT2D eigenvalue weighted by molar-refractivity contribution is 5.68. The SMILES string of the molecule is O=C(O)CC1(N2CC3(CC3)C2)CCCC1. The summed E-state index contributed by atoms with van der Waals surface area (Å²) in [5.41, 5.74) is 0.688. The Labute approximate surface area is 90.5 Å². The normalized spacial score (nSPS) is 31.5. The smallest absolute Gasteiger partial charge is 0.305 e. The summed E-state index contributed by atoms with van der Waals surface area (Å²) < 4.78 is 0. The number of carboxylic acid groups (broad SMARTS) is 1. The van der Waals surface area contributed by atoms with E-state index in [-0.39, 0.29) is 5.54 Å². The van der Waals surface area contributed by atoms with Gasteiger partial charge < -0.3 is 5.11 Å². The molecule has 0 aromatic heterocycles. The molecule has 0 aromatic carbocycles. The number of rotatable bonds is 3. The fraction of sp³-hybridized carbons (Fsp3) is 0.917. The first-order chi connectivity index (χ1) is 7.14. The third-order valence-corrected chi connectivity index (χ3v) is 4.70. The van der Waals surface area contributed by atoms with E-state index in [4.69, 9.17) is 5.11 Å². The van der Waals surface area contributed by atoms with Gasteiger partial charge in [-0.25, -0.2) is 0 Å². The van der Waals surface area contributed by atoms with Crippen LogP contribution in [-0.2, 0) is 4.79 Å². The summed E-state index contributed by atoms with van der Waals surface area (Å²) >= 11 is 0. The molecule has 2 aliphatic carbocycles. The topological polar surface area (TPSA) is 40.5 Å². The highest BCUT2D eigenvalue weighted by Crippen LogP contribution is 2.57. The molecule has 1 heterocycles. The predicted octanol–water partition coefficient (Wildman–Crippen LogP) is 1.87. The minimum atomic E-state index is -0.617. The van der Waals surface area contributed by atoms with Crippen molar-refractivity contribution in [2.45, 2.75) is 50.5 Å². The molecule has 15 heavy (non-hydrogen) atoms. The van der Waals surface area contributed by atoms with Gasteiger partial charge >= 0.3 is 5.97 Å². The average Bonchev–Trinajstić information content (AvgIpc) is 2.79. The van der Waals surface area contributed by atoms with Crippen LogP contribution in [0.25, 0.3) is 0 Å². The number of aliphatic carboxylic acids is 1. The molecule has 0 radical (unpaired) electrons. The molecule has 2 saturated carbocycles. The molecule has 3 heteroatoms. The summed E-state index contributed by atoms with van der Waals surface area (Å²) in [4.78, 5) is 13.4. The fourth-order valence-electron chi connectivity index (χ4n) is 3.51. The number of likely N-dealkylation sites (tertiary alicyclic amines) is 1. The Bertz CT molecular complexity index is 282. The second-order valence-electron chi connectivity index (χ2n) is 5.86. The van der Waals surface area contributed by atoms with Gasteiger partial charge in [-0.2, -0.15) is 0 Å². The second-order valence-corrected chi connectivity index (χ2v) is 5.86. The molecular formula is C12H19NO2. The van der Waals surface area contributed by atoms with Gasteiger partial charge in [-0.1, -0.05) is 12.8 Å². The summed E-state index contributed by atoms with van der Waals surface area (Å²) in [7, 11) is 0. The highest BCUT2D eigenvalue weighted by atomic mass is 16.4. The first-order valence-corrected chi connectivity index (χ1v) is 6.11. The van der Waals surface area contributed by atoms with E-state index in [2.05, 4.69) is 4.90 Å². The molecular weight excluding hydrogens is 190 g/mol. The van der Waals surface area contributed by atoms with Crippen LogP contribution in [0.5, 0.6) is 0 Å². The average molecular weight is 209 g/mol. The zero-order chi connectivity index (χ0) is 10.5. The Balaban J connectivity index is 1.70. The summed E-state index contributed by atoms with van der Waals surface area (Å²) in [6.07, 6.45) is 7.78. The molecule has 1 saturated heterocycles.